The van der Waals surface area contributed by atoms with Gasteiger partial charge in [-0.05, 0) is 18.6 Å². The van der Waals surface area contributed by atoms with E-state index in [1.165, 1.54) is 0 Å². The van der Waals surface area contributed by atoms with Gasteiger partial charge in [0.25, 0.3) is 0 Å². The molecule has 0 saturated carbocycles. The Morgan fingerprint density at radius 2 is 2.19 bits per heavy atom. The molecule has 4 heteroatoms. The van der Waals surface area contributed by atoms with Crippen LogP contribution in [0.3, 0.4) is 0 Å². The smallest absolute Gasteiger partial charge is 0.224 e. The van der Waals surface area contributed by atoms with Crippen molar-refractivity contribution in [2.45, 2.75) is 19.4 Å². The zero-order chi connectivity index (χ0) is 12.0. The Kier molecular flexibility index (Phi) is 5.29. The topological polar surface area (TPSA) is 38.3 Å². The summed E-state index contributed by atoms with van der Waals surface area (Å²) in [6, 6.07) is 7.36. The second-order valence-electron chi connectivity index (χ2n) is 3.69. The lowest BCUT2D eigenvalue weighted by Gasteiger charge is -2.12. The van der Waals surface area contributed by atoms with E-state index in [1.807, 2.05) is 25.1 Å². The van der Waals surface area contributed by atoms with E-state index in [0.717, 1.165) is 5.56 Å². The summed E-state index contributed by atoms with van der Waals surface area (Å²) >= 11 is 5.96. The van der Waals surface area contributed by atoms with Crippen molar-refractivity contribution in [3.05, 3.63) is 34.9 Å². The summed E-state index contributed by atoms with van der Waals surface area (Å²) in [6.07, 6.45) is 0.299. The van der Waals surface area contributed by atoms with Gasteiger partial charge in [0.15, 0.2) is 0 Å². The lowest BCUT2D eigenvalue weighted by Crippen LogP contribution is -2.36. The molecule has 0 aliphatic heterocycles. The molecule has 1 aromatic rings. The van der Waals surface area contributed by atoms with Crippen LogP contribution in [0, 0.1) is 0 Å². The molecule has 16 heavy (non-hydrogen) atoms. The van der Waals surface area contributed by atoms with Gasteiger partial charge in [-0.3, -0.25) is 4.79 Å². The van der Waals surface area contributed by atoms with Gasteiger partial charge >= 0.3 is 0 Å². The van der Waals surface area contributed by atoms with Crippen LogP contribution >= 0.6 is 11.6 Å². The van der Waals surface area contributed by atoms with Crippen LogP contribution in [-0.4, -0.2) is 25.7 Å². The highest BCUT2D eigenvalue weighted by atomic mass is 35.5. The summed E-state index contributed by atoms with van der Waals surface area (Å²) in [4.78, 5) is 11.6. The maximum atomic E-state index is 11.6. The van der Waals surface area contributed by atoms with Gasteiger partial charge in [0, 0.05) is 18.2 Å². The molecule has 0 fully saturated rings. The molecule has 1 N–H and O–H groups in total. The maximum absolute atomic E-state index is 11.6. The van der Waals surface area contributed by atoms with E-state index in [4.69, 9.17) is 16.3 Å². The maximum Gasteiger partial charge on any atom is 0.224 e. The highest BCUT2D eigenvalue weighted by Crippen LogP contribution is 2.15. The van der Waals surface area contributed by atoms with Crippen LogP contribution in [0.15, 0.2) is 24.3 Å². The Labute approximate surface area is 101 Å². The zero-order valence-electron chi connectivity index (χ0n) is 9.50. The predicted molar refractivity (Wildman–Crippen MR) is 64.6 cm³/mol. The minimum absolute atomic E-state index is 0.0139. The molecule has 1 unspecified atom stereocenters. The van der Waals surface area contributed by atoms with Crippen molar-refractivity contribution in [2.75, 3.05) is 13.7 Å². The van der Waals surface area contributed by atoms with Gasteiger partial charge in [-0.25, -0.2) is 0 Å². The van der Waals surface area contributed by atoms with Crippen LogP contribution in [0.25, 0.3) is 0 Å². The summed E-state index contributed by atoms with van der Waals surface area (Å²) in [5.41, 5.74) is 0.839. The third-order valence-corrected chi connectivity index (χ3v) is 2.50. The number of methoxy groups -OCH3 is 1. The first-order valence-corrected chi connectivity index (χ1v) is 5.53. The van der Waals surface area contributed by atoms with E-state index in [-0.39, 0.29) is 11.9 Å². The zero-order valence-corrected chi connectivity index (χ0v) is 10.3. The van der Waals surface area contributed by atoms with Crippen molar-refractivity contribution in [3.63, 3.8) is 0 Å². The molecule has 0 saturated heterocycles. The number of benzene rings is 1. The van der Waals surface area contributed by atoms with Crippen LogP contribution < -0.4 is 5.32 Å². The Morgan fingerprint density at radius 3 is 2.81 bits per heavy atom. The molecular weight excluding hydrogens is 226 g/mol. The molecule has 0 heterocycles. The van der Waals surface area contributed by atoms with Crippen molar-refractivity contribution in [1.82, 2.24) is 5.32 Å². The number of hydrogen-bond acceptors (Lipinski definition) is 2. The molecule has 0 radical (unpaired) electrons. The SMILES string of the molecule is COCC(C)NC(=O)Cc1ccccc1Cl. The van der Waals surface area contributed by atoms with Crippen molar-refractivity contribution in [3.8, 4) is 0 Å². The van der Waals surface area contributed by atoms with E-state index >= 15 is 0 Å². The molecule has 0 spiro atoms. The number of amides is 1. The molecule has 0 aromatic heterocycles. The fourth-order valence-corrected chi connectivity index (χ4v) is 1.63. The number of carbonyl (C=O) groups is 1. The number of ether oxygens (including phenoxy) is 1. The van der Waals surface area contributed by atoms with Gasteiger partial charge in [-0.1, -0.05) is 29.8 Å². The summed E-state index contributed by atoms with van der Waals surface area (Å²) in [7, 11) is 1.61. The standard InChI is InChI=1S/C12H16ClNO2/c1-9(8-16-2)14-12(15)7-10-5-3-4-6-11(10)13/h3-6,9H,7-8H2,1-2H3,(H,14,15). The number of hydrogen-bond donors (Lipinski definition) is 1. The van der Waals surface area contributed by atoms with E-state index in [0.29, 0.717) is 18.1 Å². The van der Waals surface area contributed by atoms with E-state index < -0.39 is 0 Å². The van der Waals surface area contributed by atoms with Gasteiger partial charge in [-0.2, -0.15) is 0 Å². The quantitative estimate of drug-likeness (QED) is 0.857. The van der Waals surface area contributed by atoms with Crippen LogP contribution in [0.4, 0.5) is 0 Å². The first-order valence-electron chi connectivity index (χ1n) is 5.15. The Balaban J connectivity index is 2.49. The van der Waals surface area contributed by atoms with Gasteiger partial charge < -0.3 is 10.1 Å². The first kappa shape index (κ1) is 13.0. The van der Waals surface area contributed by atoms with Gasteiger partial charge in [0.1, 0.15) is 0 Å². The highest BCUT2D eigenvalue weighted by Gasteiger charge is 2.09. The molecule has 3 nitrogen and oxygen atoms in total. The normalized spacial score (nSPS) is 12.2. The van der Waals surface area contributed by atoms with Gasteiger partial charge in [0.05, 0.1) is 13.0 Å². The van der Waals surface area contributed by atoms with E-state index in [1.54, 1.807) is 13.2 Å². The van der Waals surface area contributed by atoms with Gasteiger partial charge in [-0.15, -0.1) is 0 Å². The third-order valence-electron chi connectivity index (χ3n) is 2.13. The van der Waals surface area contributed by atoms with Crippen LogP contribution in [0.2, 0.25) is 5.02 Å². The molecule has 0 bridgehead atoms. The van der Waals surface area contributed by atoms with E-state index in [9.17, 15) is 4.79 Å². The largest absolute Gasteiger partial charge is 0.383 e. The fraction of sp³-hybridized carbons (Fsp3) is 0.417. The summed E-state index contributed by atoms with van der Waals surface area (Å²) in [6.45, 7) is 2.41. The Morgan fingerprint density at radius 1 is 1.50 bits per heavy atom. The Bertz CT molecular complexity index is 355. The molecule has 88 valence electrons. The first-order chi connectivity index (χ1) is 7.63. The third kappa shape index (κ3) is 4.21. The molecule has 1 atom stereocenters. The monoisotopic (exact) mass is 241 g/mol. The van der Waals surface area contributed by atoms with Crippen molar-refractivity contribution in [2.24, 2.45) is 0 Å². The molecule has 1 rings (SSSR count). The predicted octanol–water partition coefficient (Wildman–Crippen LogP) is 2.03. The highest BCUT2D eigenvalue weighted by molar-refractivity contribution is 6.31. The van der Waals surface area contributed by atoms with Crippen molar-refractivity contribution in [1.29, 1.82) is 0 Å². The lowest BCUT2D eigenvalue weighted by molar-refractivity contribution is -0.121. The molecule has 0 aliphatic carbocycles. The average molecular weight is 242 g/mol. The fourth-order valence-electron chi connectivity index (χ4n) is 1.43. The second-order valence-corrected chi connectivity index (χ2v) is 4.10. The average Bonchev–Trinajstić information content (AvgIpc) is 2.21. The minimum Gasteiger partial charge on any atom is -0.383 e. The summed E-state index contributed by atoms with van der Waals surface area (Å²) < 4.78 is 4.94. The summed E-state index contributed by atoms with van der Waals surface area (Å²) in [5, 5.41) is 3.46. The minimum atomic E-state index is -0.0438. The molecule has 1 amide bonds. The van der Waals surface area contributed by atoms with Crippen LogP contribution in [-0.2, 0) is 16.0 Å². The number of carbonyl (C=O) groups excluding carboxylic acids is 1. The second kappa shape index (κ2) is 6.51. The van der Waals surface area contributed by atoms with Crippen LogP contribution in [0.5, 0.6) is 0 Å². The molecular formula is C12H16ClNO2. The lowest BCUT2D eigenvalue weighted by atomic mass is 10.1. The molecule has 1 aromatic carbocycles. The van der Waals surface area contributed by atoms with Crippen molar-refractivity contribution >= 4 is 17.5 Å². The molecule has 0 aliphatic rings. The Hall–Kier alpha value is -1.06. The van der Waals surface area contributed by atoms with Crippen molar-refractivity contribution < 1.29 is 9.53 Å². The summed E-state index contributed by atoms with van der Waals surface area (Å²) in [5.74, 6) is -0.0438. The van der Waals surface area contributed by atoms with Gasteiger partial charge in [0.2, 0.25) is 5.91 Å². The number of nitrogens with one attached hydrogen (secondary N) is 1. The number of rotatable bonds is 5. The van der Waals surface area contributed by atoms with E-state index in [2.05, 4.69) is 5.32 Å². The number of halogens is 1. The van der Waals surface area contributed by atoms with Crippen LogP contribution in [0.1, 0.15) is 12.5 Å².